The fourth-order valence-electron chi connectivity index (χ4n) is 4.19. The fraction of sp³-hybridized carbons (Fsp3) is 0.455. The number of aryl methyl sites for hydroxylation is 1. The molecule has 1 aromatic heterocycles. The second-order valence-electron chi connectivity index (χ2n) is 7.69. The third kappa shape index (κ3) is 4.78. The highest BCUT2D eigenvalue weighted by Crippen LogP contribution is 2.34. The maximum Gasteiger partial charge on any atom is 0.246 e. The largest absolute Gasteiger partial charge is 0.487 e. The molecule has 142 valence electrons. The number of amides is 1. The van der Waals surface area contributed by atoms with Gasteiger partial charge in [0.25, 0.3) is 0 Å². The van der Waals surface area contributed by atoms with Gasteiger partial charge in [-0.05, 0) is 61.8 Å². The van der Waals surface area contributed by atoms with Crippen LogP contribution in [0.1, 0.15) is 41.9 Å². The van der Waals surface area contributed by atoms with Gasteiger partial charge in [-0.25, -0.2) is 4.98 Å². The highest BCUT2D eigenvalue weighted by Gasteiger charge is 2.31. The van der Waals surface area contributed by atoms with E-state index in [1.54, 1.807) is 17.4 Å². The molecule has 0 N–H and O–H groups in total. The van der Waals surface area contributed by atoms with Gasteiger partial charge in [-0.3, -0.25) is 4.79 Å². The molecule has 0 radical (unpaired) electrons. The monoisotopic (exact) mass is 382 g/mol. The number of carbonyl (C=O) groups is 1. The highest BCUT2D eigenvalue weighted by molar-refractivity contribution is 7.09. The molecule has 1 aliphatic carbocycles. The lowest BCUT2D eigenvalue weighted by Crippen LogP contribution is -2.45. The number of carbonyl (C=O) groups excluding carboxylic acids is 1. The van der Waals surface area contributed by atoms with Crippen molar-refractivity contribution in [2.24, 2.45) is 11.8 Å². The van der Waals surface area contributed by atoms with Crippen LogP contribution in [-0.4, -0.2) is 28.9 Å². The molecule has 1 amide bonds. The number of fused-ring (bicyclic) bond motifs is 2. The number of aromatic nitrogens is 1. The SMILES string of the molecule is Cc1nc(COc2ccc(/C=C/C(=O)N3CC4CCCC(C4)C3)cc2)cs1. The Morgan fingerprint density at radius 3 is 2.67 bits per heavy atom. The zero-order chi connectivity index (χ0) is 18.6. The first kappa shape index (κ1) is 18.2. The van der Waals surface area contributed by atoms with Crippen molar-refractivity contribution in [3.63, 3.8) is 0 Å². The van der Waals surface area contributed by atoms with Crippen LogP contribution in [0.3, 0.4) is 0 Å². The van der Waals surface area contributed by atoms with Gasteiger partial charge in [0.05, 0.1) is 10.7 Å². The van der Waals surface area contributed by atoms with Gasteiger partial charge < -0.3 is 9.64 Å². The quantitative estimate of drug-likeness (QED) is 0.705. The van der Waals surface area contributed by atoms with Crippen LogP contribution < -0.4 is 4.74 Å². The van der Waals surface area contributed by atoms with Gasteiger partial charge >= 0.3 is 0 Å². The van der Waals surface area contributed by atoms with Crippen LogP contribution in [0.25, 0.3) is 6.08 Å². The van der Waals surface area contributed by atoms with Crippen molar-refractivity contribution in [2.45, 2.75) is 39.2 Å². The van der Waals surface area contributed by atoms with E-state index in [0.29, 0.717) is 18.4 Å². The molecule has 4 rings (SSSR count). The standard InChI is InChI=1S/C22H26N2O2S/c1-16-23-20(15-27-16)14-26-21-8-5-17(6-9-21)7-10-22(25)24-12-18-3-2-4-19(11-18)13-24/h5-10,15,18-19H,2-4,11-14H2,1H3/b10-7+. The predicted octanol–water partition coefficient (Wildman–Crippen LogP) is 4.69. The number of ether oxygens (including phenoxy) is 1. The highest BCUT2D eigenvalue weighted by atomic mass is 32.1. The topological polar surface area (TPSA) is 42.4 Å². The van der Waals surface area contributed by atoms with Crippen LogP contribution in [-0.2, 0) is 11.4 Å². The van der Waals surface area contributed by atoms with E-state index in [0.717, 1.165) is 35.1 Å². The number of benzene rings is 1. The van der Waals surface area contributed by atoms with Crippen molar-refractivity contribution in [2.75, 3.05) is 13.1 Å². The van der Waals surface area contributed by atoms with Crippen molar-refractivity contribution in [3.8, 4) is 5.75 Å². The van der Waals surface area contributed by atoms with E-state index in [-0.39, 0.29) is 5.91 Å². The second-order valence-corrected chi connectivity index (χ2v) is 8.75. The molecule has 2 aromatic rings. The number of hydrogen-bond acceptors (Lipinski definition) is 4. The normalized spacial score (nSPS) is 22.2. The van der Waals surface area contributed by atoms with Crippen LogP contribution in [0.4, 0.5) is 0 Å². The van der Waals surface area contributed by atoms with E-state index >= 15 is 0 Å². The summed E-state index contributed by atoms with van der Waals surface area (Å²) in [6, 6.07) is 7.84. The Bertz CT molecular complexity index is 800. The van der Waals surface area contributed by atoms with Gasteiger partial charge in [-0.1, -0.05) is 18.6 Å². The van der Waals surface area contributed by atoms with Crippen molar-refractivity contribution < 1.29 is 9.53 Å². The van der Waals surface area contributed by atoms with Gasteiger partial charge in [0.15, 0.2) is 0 Å². The van der Waals surface area contributed by atoms with Crippen LogP contribution in [0, 0.1) is 18.8 Å². The van der Waals surface area contributed by atoms with Gasteiger partial charge in [-0.2, -0.15) is 0 Å². The van der Waals surface area contributed by atoms with E-state index < -0.39 is 0 Å². The fourth-order valence-corrected chi connectivity index (χ4v) is 4.79. The van der Waals surface area contributed by atoms with Crippen LogP contribution in [0.5, 0.6) is 5.75 Å². The zero-order valence-corrected chi connectivity index (χ0v) is 16.6. The van der Waals surface area contributed by atoms with E-state index in [1.165, 1.54) is 25.7 Å². The lowest BCUT2D eigenvalue weighted by molar-refractivity contribution is -0.129. The smallest absolute Gasteiger partial charge is 0.246 e. The summed E-state index contributed by atoms with van der Waals surface area (Å²) in [6.45, 7) is 4.34. The minimum atomic E-state index is 0.144. The average Bonchev–Trinajstić information content (AvgIpc) is 3.10. The van der Waals surface area contributed by atoms with E-state index in [2.05, 4.69) is 4.98 Å². The molecular weight excluding hydrogens is 356 g/mol. The van der Waals surface area contributed by atoms with Crippen molar-refractivity contribution in [1.82, 2.24) is 9.88 Å². The minimum absolute atomic E-state index is 0.144. The lowest BCUT2D eigenvalue weighted by Gasteiger charge is -2.41. The molecule has 5 heteroatoms. The molecule has 1 saturated carbocycles. The molecule has 2 atom stereocenters. The Balaban J connectivity index is 1.30. The third-order valence-electron chi connectivity index (χ3n) is 5.51. The molecule has 1 saturated heterocycles. The van der Waals surface area contributed by atoms with Crippen molar-refractivity contribution >= 4 is 23.3 Å². The molecule has 4 nitrogen and oxygen atoms in total. The summed E-state index contributed by atoms with van der Waals surface area (Å²) in [5.41, 5.74) is 1.97. The lowest BCUT2D eigenvalue weighted by atomic mass is 9.78. The summed E-state index contributed by atoms with van der Waals surface area (Å²) >= 11 is 1.63. The molecular formula is C22H26N2O2S. The summed E-state index contributed by atoms with van der Waals surface area (Å²) in [7, 11) is 0. The van der Waals surface area contributed by atoms with Gasteiger partial charge in [0.2, 0.25) is 5.91 Å². The van der Waals surface area contributed by atoms with E-state index in [1.807, 2.05) is 47.5 Å². The van der Waals surface area contributed by atoms with Crippen molar-refractivity contribution in [1.29, 1.82) is 0 Å². The number of rotatable bonds is 5. The summed E-state index contributed by atoms with van der Waals surface area (Å²) in [6.07, 6.45) is 8.84. The third-order valence-corrected chi connectivity index (χ3v) is 6.33. The first-order valence-corrected chi connectivity index (χ1v) is 10.6. The number of piperidine rings is 1. The molecule has 1 aromatic carbocycles. The maximum atomic E-state index is 12.5. The first-order valence-electron chi connectivity index (χ1n) is 9.76. The number of nitrogens with zero attached hydrogens (tertiary/aromatic N) is 2. The first-order chi connectivity index (χ1) is 13.2. The number of hydrogen-bond donors (Lipinski definition) is 0. The van der Waals surface area contributed by atoms with Gasteiger partial charge in [0.1, 0.15) is 12.4 Å². The minimum Gasteiger partial charge on any atom is -0.487 e. The van der Waals surface area contributed by atoms with Crippen LogP contribution >= 0.6 is 11.3 Å². The van der Waals surface area contributed by atoms with E-state index in [9.17, 15) is 4.79 Å². The maximum absolute atomic E-state index is 12.5. The molecule has 2 fully saturated rings. The summed E-state index contributed by atoms with van der Waals surface area (Å²) in [4.78, 5) is 19.0. The van der Waals surface area contributed by atoms with E-state index in [4.69, 9.17) is 4.74 Å². The number of thiazole rings is 1. The van der Waals surface area contributed by atoms with Gasteiger partial charge in [-0.15, -0.1) is 11.3 Å². The molecule has 1 aliphatic heterocycles. The molecule has 2 unspecified atom stereocenters. The Hall–Kier alpha value is -2.14. The predicted molar refractivity (Wildman–Crippen MR) is 109 cm³/mol. The average molecular weight is 383 g/mol. The Morgan fingerprint density at radius 1 is 1.26 bits per heavy atom. The molecule has 0 spiro atoms. The number of likely N-dealkylation sites (tertiary alicyclic amines) is 1. The Kier molecular flexibility index (Phi) is 5.58. The Labute approximate surface area is 164 Å². The molecule has 2 aliphatic rings. The summed E-state index contributed by atoms with van der Waals surface area (Å²) < 4.78 is 5.77. The second kappa shape index (κ2) is 8.26. The summed E-state index contributed by atoms with van der Waals surface area (Å²) in [5, 5.41) is 3.07. The van der Waals surface area contributed by atoms with Crippen LogP contribution in [0.15, 0.2) is 35.7 Å². The van der Waals surface area contributed by atoms with Crippen molar-refractivity contribution in [3.05, 3.63) is 52.0 Å². The summed E-state index contributed by atoms with van der Waals surface area (Å²) in [5.74, 6) is 2.39. The molecule has 2 heterocycles. The van der Waals surface area contributed by atoms with Crippen LogP contribution in [0.2, 0.25) is 0 Å². The van der Waals surface area contributed by atoms with Gasteiger partial charge in [0, 0.05) is 24.5 Å². The molecule has 27 heavy (non-hydrogen) atoms. The molecule has 2 bridgehead atoms. The Morgan fingerprint density at radius 2 is 2.00 bits per heavy atom. The zero-order valence-electron chi connectivity index (χ0n) is 15.8.